The molecular weight excluding hydrogens is 272 g/mol. The van der Waals surface area contributed by atoms with Crippen molar-refractivity contribution in [3.8, 4) is 11.3 Å². The number of aromatic nitrogens is 3. The predicted molar refractivity (Wildman–Crippen MR) is 82.1 cm³/mol. The number of nitrogens with two attached hydrogens (primary N) is 3. The van der Waals surface area contributed by atoms with Gasteiger partial charge in [-0.1, -0.05) is 18.2 Å². The zero-order chi connectivity index (χ0) is 14.1. The number of nitrogens with zero attached hydrogens (tertiary/aromatic N) is 3. The van der Waals surface area contributed by atoms with Gasteiger partial charge in [0.2, 0.25) is 0 Å². The molecule has 3 rings (SSSR count). The van der Waals surface area contributed by atoms with E-state index in [9.17, 15) is 0 Å². The first-order chi connectivity index (χ1) is 9.65. The molecule has 0 aliphatic carbocycles. The average molecular weight is 286 g/mol. The Morgan fingerprint density at radius 3 is 2.60 bits per heavy atom. The second-order valence-electron chi connectivity index (χ2n) is 4.36. The summed E-state index contributed by atoms with van der Waals surface area (Å²) in [6.45, 7) is 0.500. The van der Waals surface area contributed by atoms with Crippen LogP contribution in [0.2, 0.25) is 0 Å². The first-order valence-corrected chi connectivity index (χ1v) is 6.89. The van der Waals surface area contributed by atoms with Crippen LogP contribution in [0.25, 0.3) is 11.3 Å². The molecule has 6 nitrogen and oxygen atoms in total. The van der Waals surface area contributed by atoms with Crippen LogP contribution in [0.4, 0.5) is 17.2 Å². The van der Waals surface area contributed by atoms with Gasteiger partial charge in [0.05, 0.1) is 24.1 Å². The van der Waals surface area contributed by atoms with Gasteiger partial charge in [0.15, 0.2) is 0 Å². The average Bonchev–Trinajstić information content (AvgIpc) is 3.02. The Hall–Kier alpha value is -2.54. The van der Waals surface area contributed by atoms with E-state index >= 15 is 0 Å². The van der Waals surface area contributed by atoms with Crippen molar-refractivity contribution in [3.63, 3.8) is 0 Å². The van der Waals surface area contributed by atoms with E-state index in [4.69, 9.17) is 17.2 Å². The molecular formula is C13H14N6S. The lowest BCUT2D eigenvalue weighted by Crippen LogP contribution is -2.06. The highest BCUT2D eigenvalue weighted by molar-refractivity contribution is 7.09. The van der Waals surface area contributed by atoms with E-state index in [0.29, 0.717) is 23.7 Å². The molecule has 0 amide bonds. The fourth-order valence-corrected chi connectivity index (χ4v) is 2.68. The van der Waals surface area contributed by atoms with Crippen molar-refractivity contribution in [1.82, 2.24) is 14.8 Å². The second kappa shape index (κ2) is 4.86. The van der Waals surface area contributed by atoms with Gasteiger partial charge in [-0.15, -0.1) is 11.3 Å². The Morgan fingerprint density at radius 2 is 1.90 bits per heavy atom. The highest BCUT2D eigenvalue weighted by atomic mass is 32.1. The summed E-state index contributed by atoms with van der Waals surface area (Å²) in [5.41, 5.74) is 20.4. The van der Waals surface area contributed by atoms with Crippen molar-refractivity contribution in [3.05, 3.63) is 40.8 Å². The molecule has 7 heteroatoms. The van der Waals surface area contributed by atoms with Crippen LogP contribution in [0, 0.1) is 0 Å². The summed E-state index contributed by atoms with van der Waals surface area (Å²) in [6, 6.07) is 7.66. The first-order valence-electron chi connectivity index (χ1n) is 6.01. The molecule has 0 bridgehead atoms. The minimum atomic E-state index is 0.459. The third kappa shape index (κ3) is 2.19. The molecule has 102 valence electrons. The van der Waals surface area contributed by atoms with Crippen LogP contribution in [0.15, 0.2) is 35.8 Å². The SMILES string of the molecule is Nc1ccccc1-c1csc(Cn2ncc(N)c2N)n1. The van der Waals surface area contributed by atoms with E-state index in [2.05, 4.69) is 10.1 Å². The second-order valence-corrected chi connectivity index (χ2v) is 5.30. The Balaban J connectivity index is 1.88. The Bertz CT molecular complexity index is 745. The molecule has 0 unspecified atom stereocenters. The number of rotatable bonds is 3. The van der Waals surface area contributed by atoms with Gasteiger partial charge in [0, 0.05) is 16.6 Å². The molecule has 20 heavy (non-hydrogen) atoms. The summed E-state index contributed by atoms with van der Waals surface area (Å²) in [5, 5.41) is 7.00. The Morgan fingerprint density at radius 1 is 1.10 bits per heavy atom. The molecule has 0 fully saturated rings. The summed E-state index contributed by atoms with van der Waals surface area (Å²) in [5.74, 6) is 0.459. The topological polar surface area (TPSA) is 109 Å². The molecule has 0 aliphatic heterocycles. The van der Waals surface area contributed by atoms with Crippen LogP contribution in [0.1, 0.15) is 5.01 Å². The number of nitrogen functional groups attached to an aromatic ring is 3. The summed E-state index contributed by atoms with van der Waals surface area (Å²) in [7, 11) is 0. The third-order valence-electron chi connectivity index (χ3n) is 2.98. The lowest BCUT2D eigenvalue weighted by Gasteiger charge is -2.02. The van der Waals surface area contributed by atoms with Crippen molar-refractivity contribution >= 4 is 28.5 Å². The molecule has 3 aromatic rings. The van der Waals surface area contributed by atoms with Crippen molar-refractivity contribution in [2.75, 3.05) is 17.2 Å². The number of thiazole rings is 1. The zero-order valence-electron chi connectivity index (χ0n) is 10.7. The molecule has 6 N–H and O–H groups in total. The van der Waals surface area contributed by atoms with E-state index < -0.39 is 0 Å². The lowest BCUT2D eigenvalue weighted by molar-refractivity contribution is 0.694. The van der Waals surface area contributed by atoms with Crippen LogP contribution in [0.3, 0.4) is 0 Å². The van der Waals surface area contributed by atoms with Gasteiger partial charge in [-0.2, -0.15) is 5.10 Å². The van der Waals surface area contributed by atoms with Gasteiger partial charge in [0.1, 0.15) is 10.8 Å². The number of hydrogen-bond donors (Lipinski definition) is 3. The number of para-hydroxylation sites is 1. The van der Waals surface area contributed by atoms with Crippen LogP contribution in [0.5, 0.6) is 0 Å². The van der Waals surface area contributed by atoms with Crippen molar-refractivity contribution < 1.29 is 0 Å². The van der Waals surface area contributed by atoms with E-state index in [1.807, 2.05) is 29.6 Å². The molecule has 0 spiro atoms. The lowest BCUT2D eigenvalue weighted by atomic mass is 10.1. The summed E-state index contributed by atoms with van der Waals surface area (Å²) < 4.78 is 1.63. The summed E-state index contributed by atoms with van der Waals surface area (Å²) in [6.07, 6.45) is 1.54. The number of anilines is 3. The quantitative estimate of drug-likeness (QED) is 0.636. The molecule has 1 aromatic carbocycles. The minimum Gasteiger partial charge on any atom is -0.398 e. The van der Waals surface area contributed by atoms with Crippen LogP contribution in [-0.2, 0) is 6.54 Å². The third-order valence-corrected chi connectivity index (χ3v) is 3.82. The molecule has 0 atom stereocenters. The smallest absolute Gasteiger partial charge is 0.145 e. The first kappa shape index (κ1) is 12.5. The standard InChI is InChI=1S/C13H14N6S/c14-9-4-2-1-3-8(9)11-7-20-12(18-11)6-19-13(16)10(15)5-17-19/h1-5,7H,6,14-16H2. The van der Waals surface area contributed by atoms with E-state index in [1.54, 1.807) is 22.2 Å². The molecule has 0 aliphatic rings. The highest BCUT2D eigenvalue weighted by Crippen LogP contribution is 2.27. The van der Waals surface area contributed by atoms with Crippen LogP contribution < -0.4 is 17.2 Å². The highest BCUT2D eigenvalue weighted by Gasteiger charge is 2.10. The van der Waals surface area contributed by atoms with E-state index in [-0.39, 0.29) is 0 Å². The van der Waals surface area contributed by atoms with E-state index in [1.165, 1.54) is 0 Å². The molecule has 2 heterocycles. The van der Waals surface area contributed by atoms with Gasteiger partial charge >= 0.3 is 0 Å². The monoisotopic (exact) mass is 286 g/mol. The van der Waals surface area contributed by atoms with Gasteiger partial charge in [0.25, 0.3) is 0 Å². The number of hydrogen-bond acceptors (Lipinski definition) is 6. The number of benzene rings is 1. The van der Waals surface area contributed by atoms with Crippen molar-refractivity contribution in [2.45, 2.75) is 6.54 Å². The van der Waals surface area contributed by atoms with Gasteiger partial charge in [-0.25, -0.2) is 9.67 Å². The van der Waals surface area contributed by atoms with Gasteiger partial charge < -0.3 is 17.2 Å². The normalized spacial score (nSPS) is 10.8. The van der Waals surface area contributed by atoms with Crippen LogP contribution in [-0.4, -0.2) is 14.8 Å². The van der Waals surface area contributed by atoms with Crippen molar-refractivity contribution in [1.29, 1.82) is 0 Å². The fraction of sp³-hybridized carbons (Fsp3) is 0.0769. The Labute approximate surface area is 119 Å². The van der Waals surface area contributed by atoms with Gasteiger partial charge in [-0.3, -0.25) is 0 Å². The van der Waals surface area contributed by atoms with Crippen molar-refractivity contribution in [2.24, 2.45) is 0 Å². The predicted octanol–water partition coefficient (Wildman–Crippen LogP) is 1.80. The summed E-state index contributed by atoms with van der Waals surface area (Å²) >= 11 is 1.54. The fourth-order valence-electron chi connectivity index (χ4n) is 1.90. The largest absolute Gasteiger partial charge is 0.398 e. The maximum absolute atomic E-state index is 5.95. The Kier molecular flexibility index (Phi) is 3.03. The zero-order valence-corrected chi connectivity index (χ0v) is 11.5. The molecule has 0 radical (unpaired) electrons. The molecule has 0 saturated carbocycles. The maximum atomic E-state index is 5.95. The van der Waals surface area contributed by atoms with Crippen LogP contribution >= 0.6 is 11.3 Å². The minimum absolute atomic E-state index is 0.459. The molecule has 2 aromatic heterocycles. The van der Waals surface area contributed by atoms with Gasteiger partial charge in [-0.05, 0) is 6.07 Å². The van der Waals surface area contributed by atoms with E-state index in [0.717, 1.165) is 16.3 Å². The molecule has 0 saturated heterocycles. The maximum Gasteiger partial charge on any atom is 0.145 e. The summed E-state index contributed by atoms with van der Waals surface area (Å²) in [4.78, 5) is 4.57.